The smallest absolute Gasteiger partial charge is 0.296 e. The molecule has 0 spiro atoms. The molecule has 0 fully saturated rings. The van der Waals surface area contributed by atoms with E-state index in [1.165, 1.54) is 18.2 Å². The molecule has 3 N–H and O–H groups in total. The number of halogens is 1. The Bertz CT molecular complexity index is 1140. The van der Waals surface area contributed by atoms with E-state index in [-0.39, 0.29) is 22.0 Å². The van der Waals surface area contributed by atoms with Crippen LogP contribution in [0.2, 0.25) is 5.02 Å². The SMILES string of the molecule is Cc1cc(S(=O)(=O)O)c(NC(=O)c2cc3ccccc3cc2O)cc1Cl. The first-order valence-electron chi connectivity index (χ1n) is 7.47. The van der Waals surface area contributed by atoms with E-state index < -0.39 is 20.9 Å². The summed E-state index contributed by atoms with van der Waals surface area (Å²) in [5.41, 5.74) is 0.202. The van der Waals surface area contributed by atoms with Gasteiger partial charge in [-0.05, 0) is 47.5 Å². The molecule has 0 bridgehead atoms. The monoisotopic (exact) mass is 391 g/mol. The number of phenolic OH excluding ortho intramolecular Hbond substituents is 1. The lowest BCUT2D eigenvalue weighted by Crippen LogP contribution is -2.15. The molecule has 0 aliphatic rings. The minimum atomic E-state index is -4.58. The van der Waals surface area contributed by atoms with Gasteiger partial charge in [-0.1, -0.05) is 35.9 Å². The first kappa shape index (κ1) is 18.2. The summed E-state index contributed by atoms with van der Waals surface area (Å²) >= 11 is 6.00. The molecule has 0 radical (unpaired) electrons. The predicted octanol–water partition coefficient (Wildman–Crippen LogP) is 4.01. The third kappa shape index (κ3) is 3.50. The highest BCUT2D eigenvalue weighted by atomic mass is 35.5. The molecule has 0 atom stereocenters. The fourth-order valence-electron chi connectivity index (χ4n) is 2.57. The fraction of sp³-hybridized carbons (Fsp3) is 0.0556. The van der Waals surface area contributed by atoms with Crippen LogP contribution >= 0.6 is 11.6 Å². The second-order valence-corrected chi connectivity index (χ2v) is 7.54. The molecule has 0 unspecified atom stereocenters. The van der Waals surface area contributed by atoms with Gasteiger partial charge in [-0.15, -0.1) is 0 Å². The van der Waals surface area contributed by atoms with Gasteiger partial charge in [0.1, 0.15) is 10.6 Å². The van der Waals surface area contributed by atoms with Crippen molar-refractivity contribution >= 4 is 44.1 Å². The van der Waals surface area contributed by atoms with Crippen LogP contribution in [0.25, 0.3) is 10.8 Å². The highest BCUT2D eigenvalue weighted by Crippen LogP contribution is 2.30. The van der Waals surface area contributed by atoms with Gasteiger partial charge in [0.25, 0.3) is 16.0 Å². The Morgan fingerprint density at radius 1 is 1.08 bits per heavy atom. The summed E-state index contributed by atoms with van der Waals surface area (Å²) in [6, 6.07) is 12.5. The van der Waals surface area contributed by atoms with Gasteiger partial charge in [-0.3, -0.25) is 9.35 Å². The van der Waals surface area contributed by atoms with Crippen molar-refractivity contribution in [1.82, 2.24) is 0 Å². The van der Waals surface area contributed by atoms with Crippen molar-refractivity contribution in [2.45, 2.75) is 11.8 Å². The minimum absolute atomic E-state index is 0.0401. The van der Waals surface area contributed by atoms with Crippen molar-refractivity contribution in [3.63, 3.8) is 0 Å². The van der Waals surface area contributed by atoms with Gasteiger partial charge in [0.15, 0.2) is 0 Å². The number of benzene rings is 3. The second-order valence-electron chi connectivity index (χ2n) is 5.74. The van der Waals surface area contributed by atoms with E-state index in [0.29, 0.717) is 5.56 Å². The summed E-state index contributed by atoms with van der Waals surface area (Å²) in [6.07, 6.45) is 0. The summed E-state index contributed by atoms with van der Waals surface area (Å²) in [6.45, 7) is 1.57. The number of anilines is 1. The average molecular weight is 392 g/mol. The zero-order valence-electron chi connectivity index (χ0n) is 13.5. The first-order chi connectivity index (χ1) is 12.2. The lowest BCUT2D eigenvalue weighted by atomic mass is 10.1. The van der Waals surface area contributed by atoms with E-state index in [2.05, 4.69) is 5.32 Å². The summed E-state index contributed by atoms with van der Waals surface area (Å²) in [5, 5.41) is 14.2. The number of amides is 1. The van der Waals surface area contributed by atoms with Crippen LogP contribution in [-0.2, 0) is 10.1 Å². The third-order valence-corrected chi connectivity index (χ3v) is 5.20. The Morgan fingerprint density at radius 3 is 2.31 bits per heavy atom. The number of aromatic hydroxyl groups is 1. The largest absolute Gasteiger partial charge is 0.507 e. The average Bonchev–Trinajstić information content (AvgIpc) is 2.56. The van der Waals surface area contributed by atoms with Gasteiger partial charge in [0, 0.05) is 5.02 Å². The number of hydrogen-bond acceptors (Lipinski definition) is 4. The lowest BCUT2D eigenvalue weighted by molar-refractivity contribution is 0.102. The molecule has 3 rings (SSSR count). The van der Waals surface area contributed by atoms with Gasteiger partial charge in [0.2, 0.25) is 0 Å². The number of phenols is 1. The fourth-order valence-corrected chi connectivity index (χ4v) is 3.44. The Balaban J connectivity index is 2.06. The quantitative estimate of drug-likeness (QED) is 0.585. The van der Waals surface area contributed by atoms with Gasteiger partial charge in [-0.25, -0.2) is 0 Å². The molecule has 0 saturated heterocycles. The highest BCUT2D eigenvalue weighted by Gasteiger charge is 2.21. The van der Waals surface area contributed by atoms with E-state index >= 15 is 0 Å². The molecule has 3 aromatic rings. The van der Waals surface area contributed by atoms with Crippen molar-refractivity contribution < 1.29 is 22.9 Å². The van der Waals surface area contributed by atoms with E-state index in [4.69, 9.17) is 11.6 Å². The maximum absolute atomic E-state index is 12.6. The van der Waals surface area contributed by atoms with Gasteiger partial charge < -0.3 is 10.4 Å². The third-order valence-electron chi connectivity index (χ3n) is 3.90. The summed E-state index contributed by atoms with van der Waals surface area (Å²) in [4.78, 5) is 12.1. The molecule has 6 nitrogen and oxygen atoms in total. The summed E-state index contributed by atoms with van der Waals surface area (Å²) in [5.74, 6) is -0.995. The number of aryl methyl sites for hydroxylation is 1. The number of fused-ring (bicyclic) bond motifs is 1. The van der Waals surface area contributed by atoms with Crippen molar-refractivity contribution in [2.75, 3.05) is 5.32 Å². The molecule has 0 saturated carbocycles. The van der Waals surface area contributed by atoms with Crippen LogP contribution in [0.5, 0.6) is 5.75 Å². The van der Waals surface area contributed by atoms with Gasteiger partial charge >= 0.3 is 0 Å². The molecule has 8 heteroatoms. The van der Waals surface area contributed by atoms with Crippen LogP contribution in [0.15, 0.2) is 53.4 Å². The van der Waals surface area contributed by atoms with Crippen molar-refractivity contribution in [2.24, 2.45) is 0 Å². The molecule has 0 aliphatic carbocycles. The summed E-state index contributed by atoms with van der Waals surface area (Å²) in [7, 11) is -4.58. The molecule has 0 aromatic heterocycles. The van der Waals surface area contributed by atoms with E-state index in [9.17, 15) is 22.9 Å². The number of nitrogens with one attached hydrogen (secondary N) is 1. The van der Waals surface area contributed by atoms with Crippen LogP contribution in [-0.4, -0.2) is 24.0 Å². The number of rotatable bonds is 3. The van der Waals surface area contributed by atoms with Gasteiger partial charge in [-0.2, -0.15) is 8.42 Å². The Morgan fingerprint density at radius 2 is 1.69 bits per heavy atom. The Kier molecular flexibility index (Phi) is 4.62. The Hall–Kier alpha value is -2.61. The van der Waals surface area contributed by atoms with Crippen LogP contribution < -0.4 is 5.32 Å². The number of carbonyl (C=O) groups excluding carboxylic acids is 1. The molecule has 0 aliphatic heterocycles. The standard InChI is InChI=1S/C18H14ClNO5S/c1-10-6-17(26(23,24)25)15(9-14(10)19)20-18(22)13-7-11-4-2-3-5-12(11)8-16(13)21/h2-9,21H,1H3,(H,20,22)(H,23,24,25). The zero-order valence-corrected chi connectivity index (χ0v) is 15.1. The van der Waals surface area contributed by atoms with Crippen LogP contribution in [0.1, 0.15) is 15.9 Å². The van der Waals surface area contributed by atoms with Crippen molar-refractivity contribution in [3.05, 3.63) is 64.7 Å². The summed E-state index contributed by atoms with van der Waals surface area (Å²) < 4.78 is 32.6. The maximum atomic E-state index is 12.6. The molecule has 1 amide bonds. The predicted molar refractivity (Wildman–Crippen MR) is 99.6 cm³/mol. The lowest BCUT2D eigenvalue weighted by Gasteiger charge is -2.12. The normalized spacial score (nSPS) is 11.5. The van der Waals surface area contributed by atoms with Crippen LogP contribution in [0.4, 0.5) is 5.69 Å². The molecular formula is C18H14ClNO5S. The molecular weight excluding hydrogens is 378 g/mol. The minimum Gasteiger partial charge on any atom is -0.507 e. The van der Waals surface area contributed by atoms with E-state index in [1.54, 1.807) is 31.2 Å². The second kappa shape index (κ2) is 6.60. The molecule has 26 heavy (non-hydrogen) atoms. The Labute approximate surface area is 154 Å². The van der Waals surface area contributed by atoms with Crippen LogP contribution in [0, 0.1) is 6.92 Å². The van der Waals surface area contributed by atoms with Crippen molar-refractivity contribution in [3.8, 4) is 5.75 Å². The molecule has 134 valence electrons. The zero-order chi connectivity index (χ0) is 19.1. The number of hydrogen-bond donors (Lipinski definition) is 3. The van der Waals surface area contributed by atoms with Gasteiger partial charge in [0.05, 0.1) is 11.3 Å². The number of carbonyl (C=O) groups is 1. The van der Waals surface area contributed by atoms with E-state index in [0.717, 1.165) is 16.8 Å². The van der Waals surface area contributed by atoms with Crippen LogP contribution in [0.3, 0.4) is 0 Å². The molecule has 0 heterocycles. The topological polar surface area (TPSA) is 104 Å². The molecule has 3 aromatic carbocycles. The van der Waals surface area contributed by atoms with E-state index in [1.807, 2.05) is 0 Å². The first-order valence-corrected chi connectivity index (χ1v) is 9.29. The maximum Gasteiger partial charge on any atom is 0.296 e. The van der Waals surface area contributed by atoms with Crippen molar-refractivity contribution in [1.29, 1.82) is 0 Å². The highest BCUT2D eigenvalue weighted by molar-refractivity contribution is 7.86.